The van der Waals surface area contributed by atoms with E-state index in [1.807, 2.05) is 13.8 Å². The highest BCUT2D eigenvalue weighted by Gasteiger charge is 2.19. The Balaban J connectivity index is 0. The lowest BCUT2D eigenvalue weighted by Crippen LogP contribution is -2.13. The summed E-state index contributed by atoms with van der Waals surface area (Å²) in [4.78, 5) is 10.2. The van der Waals surface area contributed by atoms with Gasteiger partial charge >= 0.3 is 0 Å². The molecule has 0 atom stereocenters. The number of nitrogens with one attached hydrogen (secondary N) is 1. The average Bonchev–Trinajstić information content (AvgIpc) is 3.07. The zero-order chi connectivity index (χ0) is 12.1. The maximum atomic E-state index is 10.2. The Bertz CT molecular complexity index is 163. The summed E-state index contributed by atoms with van der Waals surface area (Å²) in [5.74, 6) is 0.873. The van der Waals surface area contributed by atoms with E-state index in [4.69, 9.17) is 4.74 Å². The summed E-state index contributed by atoms with van der Waals surface area (Å²) in [7, 11) is 3.36. The van der Waals surface area contributed by atoms with E-state index in [0.717, 1.165) is 12.5 Å². The number of amides is 1. The van der Waals surface area contributed by atoms with E-state index < -0.39 is 0 Å². The topological polar surface area (TPSA) is 38.3 Å². The first-order chi connectivity index (χ1) is 7.24. The van der Waals surface area contributed by atoms with Crippen molar-refractivity contribution in [2.24, 2.45) is 5.92 Å². The number of ether oxygens (including phenoxy) is 1. The number of hydrogen-bond acceptors (Lipinski definition) is 2. The minimum absolute atomic E-state index is 0.0532. The number of carbonyl (C=O) groups is 1. The summed E-state index contributed by atoms with van der Waals surface area (Å²) < 4.78 is 4.87. The van der Waals surface area contributed by atoms with E-state index in [2.05, 4.69) is 5.32 Å². The molecule has 0 aromatic rings. The third kappa shape index (κ3) is 15.9. The number of methoxy groups -OCH3 is 1. The van der Waals surface area contributed by atoms with Gasteiger partial charge in [-0.15, -0.1) is 0 Å². The van der Waals surface area contributed by atoms with Gasteiger partial charge in [0, 0.05) is 20.8 Å². The Morgan fingerprint density at radius 2 is 2.00 bits per heavy atom. The molecule has 90 valence electrons. The van der Waals surface area contributed by atoms with Crippen LogP contribution in [0.2, 0.25) is 0 Å². The van der Waals surface area contributed by atoms with E-state index in [-0.39, 0.29) is 5.91 Å². The molecular formula is C12H25NO2. The molecule has 0 aliphatic heterocycles. The molecule has 1 saturated carbocycles. The molecule has 3 heteroatoms. The van der Waals surface area contributed by atoms with Crippen LogP contribution in [0.5, 0.6) is 0 Å². The van der Waals surface area contributed by atoms with Gasteiger partial charge in [-0.3, -0.25) is 4.79 Å². The van der Waals surface area contributed by atoms with E-state index in [0.29, 0.717) is 0 Å². The van der Waals surface area contributed by atoms with Crippen molar-refractivity contribution in [1.82, 2.24) is 5.32 Å². The van der Waals surface area contributed by atoms with E-state index in [1.165, 1.54) is 18.9 Å². The second kappa shape index (κ2) is 13.2. The van der Waals surface area contributed by atoms with Crippen LogP contribution in [0.15, 0.2) is 12.2 Å². The van der Waals surface area contributed by atoms with Gasteiger partial charge in [-0.05, 0) is 31.8 Å². The molecule has 3 nitrogen and oxygen atoms in total. The zero-order valence-electron chi connectivity index (χ0n) is 10.7. The molecule has 0 radical (unpaired) electrons. The molecule has 1 aliphatic carbocycles. The van der Waals surface area contributed by atoms with Crippen molar-refractivity contribution < 1.29 is 9.53 Å². The highest BCUT2D eigenvalue weighted by Crippen LogP contribution is 2.28. The molecule has 1 rings (SSSR count). The van der Waals surface area contributed by atoms with Gasteiger partial charge in [-0.2, -0.15) is 0 Å². The molecule has 1 fully saturated rings. The number of hydrogen-bond donors (Lipinski definition) is 1. The van der Waals surface area contributed by atoms with Crippen molar-refractivity contribution >= 4 is 5.91 Å². The quantitative estimate of drug-likeness (QED) is 0.734. The molecule has 0 heterocycles. The summed E-state index contributed by atoms with van der Waals surface area (Å²) in [5, 5.41) is 2.44. The third-order valence-corrected chi connectivity index (χ3v) is 1.66. The number of allylic oxidation sites excluding steroid dienone is 1. The summed E-state index contributed by atoms with van der Waals surface area (Å²) in [6, 6.07) is 0. The Morgan fingerprint density at radius 1 is 1.47 bits per heavy atom. The van der Waals surface area contributed by atoms with Crippen LogP contribution in [0, 0.1) is 5.92 Å². The van der Waals surface area contributed by atoms with E-state index in [1.54, 1.807) is 27.2 Å². The largest absolute Gasteiger partial charge is 0.384 e. The van der Waals surface area contributed by atoms with Crippen molar-refractivity contribution in [3.05, 3.63) is 12.2 Å². The number of carbonyl (C=O) groups excluding carboxylic acids is 1. The molecule has 1 amide bonds. The highest BCUT2D eigenvalue weighted by molar-refractivity contribution is 5.86. The predicted octanol–water partition coefficient (Wildman–Crippen LogP) is 2.38. The fourth-order valence-electron chi connectivity index (χ4n) is 0.755. The SMILES string of the molecule is C/C=C/C(=O)NC.CC.COCC1CC1. The summed E-state index contributed by atoms with van der Waals surface area (Å²) in [6.45, 7) is 6.79. The normalized spacial score (nSPS) is 13.4. The van der Waals surface area contributed by atoms with Gasteiger partial charge in [-0.25, -0.2) is 0 Å². The van der Waals surface area contributed by atoms with Crippen molar-refractivity contribution in [3.8, 4) is 0 Å². The Hall–Kier alpha value is -0.830. The lowest BCUT2D eigenvalue weighted by atomic mass is 10.5. The molecule has 0 bridgehead atoms. The van der Waals surface area contributed by atoms with Crippen LogP contribution in [0.4, 0.5) is 0 Å². The van der Waals surface area contributed by atoms with E-state index >= 15 is 0 Å². The number of rotatable bonds is 3. The minimum atomic E-state index is -0.0532. The minimum Gasteiger partial charge on any atom is -0.384 e. The van der Waals surface area contributed by atoms with Gasteiger partial charge in [0.25, 0.3) is 0 Å². The Morgan fingerprint density at radius 3 is 2.13 bits per heavy atom. The summed E-state index contributed by atoms with van der Waals surface area (Å²) in [5.41, 5.74) is 0. The second-order valence-electron chi connectivity index (χ2n) is 3.01. The first-order valence-electron chi connectivity index (χ1n) is 5.58. The van der Waals surface area contributed by atoms with Crippen molar-refractivity contribution in [3.63, 3.8) is 0 Å². The van der Waals surface area contributed by atoms with Gasteiger partial charge in [0.05, 0.1) is 0 Å². The van der Waals surface area contributed by atoms with Crippen molar-refractivity contribution in [2.45, 2.75) is 33.6 Å². The van der Waals surface area contributed by atoms with Gasteiger partial charge in [0.15, 0.2) is 0 Å². The first kappa shape index (κ1) is 16.6. The predicted molar refractivity (Wildman–Crippen MR) is 64.8 cm³/mol. The maximum Gasteiger partial charge on any atom is 0.243 e. The monoisotopic (exact) mass is 215 g/mol. The van der Waals surface area contributed by atoms with Crippen molar-refractivity contribution in [2.75, 3.05) is 20.8 Å². The van der Waals surface area contributed by atoms with Crippen LogP contribution in [-0.4, -0.2) is 26.7 Å². The highest BCUT2D eigenvalue weighted by atomic mass is 16.5. The fourth-order valence-corrected chi connectivity index (χ4v) is 0.755. The van der Waals surface area contributed by atoms with Gasteiger partial charge in [0.2, 0.25) is 5.91 Å². The first-order valence-corrected chi connectivity index (χ1v) is 5.58. The smallest absolute Gasteiger partial charge is 0.243 e. The van der Waals surface area contributed by atoms with Crippen LogP contribution in [-0.2, 0) is 9.53 Å². The van der Waals surface area contributed by atoms with Crippen LogP contribution in [0.1, 0.15) is 33.6 Å². The Labute approximate surface area is 93.9 Å². The lowest BCUT2D eigenvalue weighted by Gasteiger charge is -1.87. The fraction of sp³-hybridized carbons (Fsp3) is 0.750. The molecule has 15 heavy (non-hydrogen) atoms. The van der Waals surface area contributed by atoms with Crippen LogP contribution < -0.4 is 5.32 Å². The standard InChI is InChI=1S/C5H9NO.C5H10O.C2H6/c1-3-4-5(7)6-2;1-6-4-5-2-3-5;1-2/h3-4H,1-2H3,(H,6,7);5H,2-4H2,1H3;1-2H3/b4-3+;;. The number of likely N-dealkylation sites (N-methyl/N-ethyl adjacent to an activating group) is 1. The molecule has 0 aromatic heterocycles. The van der Waals surface area contributed by atoms with Crippen LogP contribution in [0.25, 0.3) is 0 Å². The second-order valence-corrected chi connectivity index (χ2v) is 3.01. The average molecular weight is 215 g/mol. The molecule has 1 N–H and O–H groups in total. The van der Waals surface area contributed by atoms with E-state index in [9.17, 15) is 4.79 Å². The van der Waals surface area contributed by atoms with Crippen LogP contribution >= 0.6 is 0 Å². The molecule has 0 unspecified atom stereocenters. The van der Waals surface area contributed by atoms with Crippen molar-refractivity contribution in [1.29, 1.82) is 0 Å². The summed E-state index contributed by atoms with van der Waals surface area (Å²) in [6.07, 6.45) is 5.96. The Kier molecular flexibility index (Phi) is 14.6. The van der Waals surface area contributed by atoms with Crippen LogP contribution in [0.3, 0.4) is 0 Å². The zero-order valence-corrected chi connectivity index (χ0v) is 10.7. The lowest BCUT2D eigenvalue weighted by molar-refractivity contribution is -0.116. The maximum absolute atomic E-state index is 10.2. The van der Waals surface area contributed by atoms with Gasteiger partial charge < -0.3 is 10.1 Å². The van der Waals surface area contributed by atoms with Gasteiger partial charge in [-0.1, -0.05) is 19.9 Å². The molecule has 0 spiro atoms. The summed E-state index contributed by atoms with van der Waals surface area (Å²) >= 11 is 0. The van der Waals surface area contributed by atoms with Gasteiger partial charge in [0.1, 0.15) is 0 Å². The molecule has 0 saturated heterocycles. The molecule has 0 aromatic carbocycles. The third-order valence-electron chi connectivity index (χ3n) is 1.66. The molecular weight excluding hydrogens is 190 g/mol. The molecule has 1 aliphatic rings.